The van der Waals surface area contributed by atoms with E-state index in [9.17, 15) is 4.79 Å². The molecule has 7 nitrogen and oxygen atoms in total. The van der Waals surface area contributed by atoms with Gasteiger partial charge in [-0.2, -0.15) is 0 Å². The number of anilines is 3. The molecule has 4 heterocycles. The monoisotopic (exact) mass is 464 g/mol. The van der Waals surface area contributed by atoms with Gasteiger partial charge >= 0.3 is 0 Å². The van der Waals surface area contributed by atoms with E-state index in [1.807, 2.05) is 43.5 Å². The number of carbonyl (C=O) groups is 1. The Balaban J connectivity index is 1.40. The third kappa shape index (κ3) is 3.87. The van der Waals surface area contributed by atoms with Crippen LogP contribution in [0.2, 0.25) is 5.02 Å². The van der Waals surface area contributed by atoms with Gasteiger partial charge in [0.1, 0.15) is 22.8 Å². The molecule has 0 radical (unpaired) electrons. The fraction of sp³-hybridized carbons (Fsp3) is 0.217. The van der Waals surface area contributed by atoms with Crippen LogP contribution in [-0.4, -0.2) is 47.0 Å². The highest BCUT2D eigenvalue weighted by Crippen LogP contribution is 2.36. The zero-order chi connectivity index (χ0) is 22.1. The maximum Gasteiger partial charge on any atom is 0.266 e. The van der Waals surface area contributed by atoms with Gasteiger partial charge in [0.25, 0.3) is 5.91 Å². The van der Waals surface area contributed by atoms with Gasteiger partial charge < -0.3 is 15.1 Å². The van der Waals surface area contributed by atoms with Gasteiger partial charge in [-0.05, 0) is 36.8 Å². The van der Waals surface area contributed by atoms with Crippen molar-refractivity contribution in [2.45, 2.75) is 6.92 Å². The second-order valence-electron chi connectivity index (χ2n) is 7.53. The Bertz CT molecular complexity index is 1270. The van der Waals surface area contributed by atoms with Crippen LogP contribution in [0.25, 0.3) is 10.2 Å². The van der Waals surface area contributed by atoms with Crippen molar-refractivity contribution < 1.29 is 4.79 Å². The van der Waals surface area contributed by atoms with Crippen molar-refractivity contribution in [3.8, 4) is 0 Å². The van der Waals surface area contributed by atoms with Crippen LogP contribution < -0.4 is 15.1 Å². The zero-order valence-corrected chi connectivity index (χ0v) is 19.0. The van der Waals surface area contributed by atoms with Crippen molar-refractivity contribution in [3.05, 3.63) is 70.5 Å². The smallest absolute Gasteiger partial charge is 0.266 e. The summed E-state index contributed by atoms with van der Waals surface area (Å²) in [5.41, 5.74) is 1.48. The number of aromatic nitrogens is 3. The Hall–Kier alpha value is -3.23. The van der Waals surface area contributed by atoms with Gasteiger partial charge in [0.15, 0.2) is 0 Å². The third-order valence-corrected chi connectivity index (χ3v) is 7.12. The largest absolute Gasteiger partial charge is 0.353 e. The third-order valence-electron chi connectivity index (χ3n) is 5.59. The number of fused-ring (bicyclic) bond motifs is 1. The molecule has 1 fully saturated rings. The van der Waals surface area contributed by atoms with Crippen molar-refractivity contribution in [2.24, 2.45) is 0 Å². The number of carbonyl (C=O) groups excluding carboxylic acids is 1. The molecule has 1 amide bonds. The Morgan fingerprint density at radius 2 is 1.75 bits per heavy atom. The first-order chi connectivity index (χ1) is 15.6. The molecule has 3 aromatic heterocycles. The summed E-state index contributed by atoms with van der Waals surface area (Å²) in [6.07, 6.45) is 3.40. The maximum absolute atomic E-state index is 13.0. The number of piperazine rings is 1. The fourth-order valence-electron chi connectivity index (χ4n) is 3.94. The second-order valence-corrected chi connectivity index (χ2v) is 8.94. The van der Waals surface area contributed by atoms with Crippen LogP contribution in [0.3, 0.4) is 0 Å². The quantitative estimate of drug-likeness (QED) is 0.474. The fourth-order valence-corrected chi connectivity index (χ4v) is 5.16. The summed E-state index contributed by atoms with van der Waals surface area (Å²) >= 11 is 7.59. The van der Waals surface area contributed by atoms with Crippen molar-refractivity contribution >= 4 is 56.4 Å². The van der Waals surface area contributed by atoms with Crippen LogP contribution in [-0.2, 0) is 0 Å². The highest BCUT2D eigenvalue weighted by molar-refractivity contribution is 7.20. The van der Waals surface area contributed by atoms with Gasteiger partial charge in [0, 0.05) is 32.4 Å². The molecule has 0 unspecified atom stereocenters. The first-order valence-corrected chi connectivity index (χ1v) is 11.5. The van der Waals surface area contributed by atoms with Crippen LogP contribution in [0.1, 0.15) is 15.2 Å². The number of nitrogens with one attached hydrogen (secondary N) is 1. The van der Waals surface area contributed by atoms with E-state index in [-0.39, 0.29) is 5.91 Å². The Morgan fingerprint density at radius 1 is 1.00 bits per heavy atom. The lowest BCUT2D eigenvalue weighted by atomic mass is 10.1. The minimum absolute atomic E-state index is 0.190. The minimum Gasteiger partial charge on any atom is -0.353 e. The van der Waals surface area contributed by atoms with Crippen LogP contribution in [0.5, 0.6) is 0 Å². The van der Waals surface area contributed by atoms with E-state index < -0.39 is 0 Å². The normalized spacial score (nSPS) is 14.1. The SMILES string of the molecule is Cc1c(C(=O)Nc2ccccc2Cl)sc2ncnc(N3CCN(c4ccccn4)CC3)c12. The number of hydrogen-bond acceptors (Lipinski definition) is 7. The summed E-state index contributed by atoms with van der Waals surface area (Å²) in [6, 6.07) is 13.2. The highest BCUT2D eigenvalue weighted by Gasteiger charge is 2.25. The number of para-hydroxylation sites is 1. The number of pyridine rings is 1. The van der Waals surface area contributed by atoms with E-state index in [2.05, 4.69) is 30.1 Å². The molecule has 0 atom stereocenters. The first kappa shape index (κ1) is 20.7. The number of hydrogen-bond donors (Lipinski definition) is 1. The molecule has 1 saturated heterocycles. The van der Waals surface area contributed by atoms with Crippen LogP contribution in [0.15, 0.2) is 55.0 Å². The molecule has 1 aliphatic heterocycles. The number of thiophene rings is 1. The molecule has 1 aliphatic rings. The highest BCUT2D eigenvalue weighted by atomic mass is 35.5. The van der Waals surface area contributed by atoms with Gasteiger partial charge in [-0.3, -0.25) is 4.79 Å². The maximum atomic E-state index is 13.0. The second kappa shape index (κ2) is 8.72. The van der Waals surface area contributed by atoms with E-state index in [1.54, 1.807) is 18.5 Å². The molecule has 32 heavy (non-hydrogen) atoms. The van der Waals surface area contributed by atoms with E-state index >= 15 is 0 Å². The summed E-state index contributed by atoms with van der Waals surface area (Å²) in [7, 11) is 0. The first-order valence-electron chi connectivity index (χ1n) is 10.3. The molecule has 0 aliphatic carbocycles. The van der Waals surface area contributed by atoms with E-state index in [4.69, 9.17) is 11.6 Å². The number of rotatable bonds is 4. The van der Waals surface area contributed by atoms with E-state index in [1.165, 1.54) is 11.3 Å². The van der Waals surface area contributed by atoms with Crippen molar-refractivity contribution in [3.63, 3.8) is 0 Å². The lowest BCUT2D eigenvalue weighted by Gasteiger charge is -2.36. The Kier molecular flexibility index (Phi) is 5.63. The van der Waals surface area contributed by atoms with Gasteiger partial charge in [-0.25, -0.2) is 15.0 Å². The van der Waals surface area contributed by atoms with E-state index in [0.717, 1.165) is 53.6 Å². The molecule has 0 spiro atoms. The number of aryl methyl sites for hydroxylation is 1. The molecule has 0 bridgehead atoms. The molecule has 1 N–H and O–H groups in total. The number of nitrogens with zero attached hydrogens (tertiary/aromatic N) is 5. The van der Waals surface area contributed by atoms with Gasteiger partial charge in [0.2, 0.25) is 0 Å². The lowest BCUT2D eigenvalue weighted by Crippen LogP contribution is -2.47. The van der Waals surface area contributed by atoms with Crippen LogP contribution in [0, 0.1) is 6.92 Å². The van der Waals surface area contributed by atoms with Crippen molar-refractivity contribution in [1.82, 2.24) is 15.0 Å². The standard InChI is InChI=1S/C23H21ClN6OS/c1-15-19-21(30-12-10-29(11-13-30)18-8-4-5-9-25-18)26-14-27-23(19)32-20(15)22(31)28-17-7-3-2-6-16(17)24/h2-9,14H,10-13H2,1H3,(H,28,31). The minimum atomic E-state index is -0.190. The molecule has 1 aromatic carbocycles. The van der Waals surface area contributed by atoms with Crippen molar-refractivity contribution in [1.29, 1.82) is 0 Å². The molecule has 162 valence electrons. The molecule has 9 heteroatoms. The number of amides is 1. The average molecular weight is 465 g/mol. The predicted octanol–water partition coefficient (Wildman–Crippen LogP) is 4.63. The lowest BCUT2D eigenvalue weighted by molar-refractivity contribution is 0.103. The van der Waals surface area contributed by atoms with Crippen molar-refractivity contribution in [2.75, 3.05) is 41.3 Å². The van der Waals surface area contributed by atoms with Crippen LogP contribution >= 0.6 is 22.9 Å². The van der Waals surface area contributed by atoms with Gasteiger partial charge in [-0.1, -0.05) is 29.8 Å². The molecule has 0 saturated carbocycles. The number of halogens is 1. The summed E-state index contributed by atoms with van der Waals surface area (Å²) in [6.45, 7) is 5.30. The van der Waals surface area contributed by atoms with E-state index in [0.29, 0.717) is 15.6 Å². The zero-order valence-electron chi connectivity index (χ0n) is 17.5. The van der Waals surface area contributed by atoms with Gasteiger partial charge in [0.05, 0.1) is 21.0 Å². The molecule has 4 aromatic rings. The summed E-state index contributed by atoms with van der Waals surface area (Å²) < 4.78 is 0. The topological polar surface area (TPSA) is 74.2 Å². The average Bonchev–Trinajstić information content (AvgIpc) is 3.18. The Labute approximate surface area is 194 Å². The van der Waals surface area contributed by atoms with Gasteiger partial charge in [-0.15, -0.1) is 11.3 Å². The summed E-state index contributed by atoms with van der Waals surface area (Å²) in [5.74, 6) is 1.68. The molecule has 5 rings (SSSR count). The molecular formula is C23H21ClN6OS. The van der Waals surface area contributed by atoms with Crippen LogP contribution in [0.4, 0.5) is 17.3 Å². The predicted molar refractivity (Wildman–Crippen MR) is 130 cm³/mol. The Morgan fingerprint density at radius 3 is 2.50 bits per heavy atom. The molecular weight excluding hydrogens is 444 g/mol. The number of benzene rings is 1. The summed E-state index contributed by atoms with van der Waals surface area (Å²) in [4.78, 5) is 32.5. The summed E-state index contributed by atoms with van der Waals surface area (Å²) in [5, 5.41) is 4.36.